The molecule has 1 saturated heterocycles. The van der Waals surface area contributed by atoms with Crippen molar-refractivity contribution in [2.45, 2.75) is 84.9 Å². The van der Waals surface area contributed by atoms with Crippen molar-refractivity contribution in [1.82, 2.24) is 9.55 Å². The number of benzene rings is 1. The lowest BCUT2D eigenvalue weighted by Crippen LogP contribution is -2.41. The van der Waals surface area contributed by atoms with Crippen molar-refractivity contribution >= 4 is 39.4 Å². The number of alkyl halides is 3. The van der Waals surface area contributed by atoms with Gasteiger partial charge in [-0.1, -0.05) is 29.8 Å². The third-order valence-corrected chi connectivity index (χ3v) is 8.50. The zero-order valence-corrected chi connectivity index (χ0v) is 25.8. The molecule has 0 saturated carbocycles. The van der Waals surface area contributed by atoms with Crippen LogP contribution in [0.1, 0.15) is 65.8 Å². The highest BCUT2D eigenvalue weighted by atomic mass is 79.9. The molecule has 0 bridgehead atoms. The molecule has 0 amide bonds. The van der Waals surface area contributed by atoms with Gasteiger partial charge in [-0.25, -0.2) is 0 Å². The van der Waals surface area contributed by atoms with Gasteiger partial charge in [-0.3, -0.25) is 4.98 Å². The Bertz CT molecular complexity index is 1390. The number of ether oxygens (including phenoxy) is 1. The van der Waals surface area contributed by atoms with Crippen LogP contribution in [0.2, 0.25) is 0 Å². The second-order valence-electron chi connectivity index (χ2n) is 12.4. The van der Waals surface area contributed by atoms with Crippen molar-refractivity contribution in [3.63, 3.8) is 0 Å². The summed E-state index contributed by atoms with van der Waals surface area (Å²) in [6.07, 6.45) is -3.02. The maximum Gasteiger partial charge on any atom is 0.496 e. The second kappa shape index (κ2) is 10.7. The van der Waals surface area contributed by atoms with Crippen molar-refractivity contribution in [3.05, 3.63) is 46.2 Å². The molecule has 1 aromatic carbocycles. The average Bonchev–Trinajstić information content (AvgIpc) is 3.24. The van der Waals surface area contributed by atoms with E-state index in [-0.39, 0.29) is 6.61 Å². The quantitative estimate of drug-likeness (QED) is 0.286. The summed E-state index contributed by atoms with van der Waals surface area (Å²) in [5, 5.41) is 10.8. The first-order valence-corrected chi connectivity index (χ1v) is 14.1. The predicted molar refractivity (Wildman–Crippen MR) is 155 cm³/mol. The summed E-state index contributed by atoms with van der Waals surface area (Å²) in [5.74, 6) is 0. The molecule has 1 N–H and O–H groups in total. The predicted octanol–water partition coefficient (Wildman–Crippen LogP) is 6.60. The Morgan fingerprint density at radius 3 is 2.30 bits per heavy atom. The highest BCUT2D eigenvalue weighted by Crippen LogP contribution is 2.43. The van der Waals surface area contributed by atoms with E-state index in [0.717, 1.165) is 4.47 Å². The molecule has 0 aliphatic carbocycles. The van der Waals surface area contributed by atoms with Crippen LogP contribution < -0.4 is 5.46 Å². The van der Waals surface area contributed by atoms with Crippen LogP contribution in [-0.2, 0) is 27.0 Å². The molecule has 0 radical (unpaired) electrons. The summed E-state index contributed by atoms with van der Waals surface area (Å²) in [4.78, 5) is 4.71. The molecule has 0 spiro atoms. The standard InChI is InChI=1S/C29H37BBrF3N2O4/c1-17(38-8)24-21(11-18(14-35-24)30-39-27(4,5)28(6,7)40-30)25-22(13-26(2,3)16-37)20-12-19(31)9-10-23(20)36(25)15-29(32,33)34/h9-12,14,17,37H,13,15-16H2,1-8H3. The zero-order valence-electron chi connectivity index (χ0n) is 24.2. The Kier molecular flexibility index (Phi) is 8.32. The number of aliphatic hydroxyl groups excluding tert-OH is 1. The molecule has 3 heterocycles. The second-order valence-corrected chi connectivity index (χ2v) is 13.3. The van der Waals surface area contributed by atoms with Gasteiger partial charge < -0.3 is 23.7 Å². The number of fused-ring (bicyclic) bond motifs is 1. The molecule has 218 valence electrons. The molecule has 4 rings (SSSR count). The van der Waals surface area contributed by atoms with Crippen LogP contribution in [-0.4, -0.2) is 52.9 Å². The summed E-state index contributed by atoms with van der Waals surface area (Å²) in [6.45, 7) is 12.0. The van der Waals surface area contributed by atoms with Gasteiger partial charge in [0.25, 0.3) is 0 Å². The number of aliphatic hydroxyl groups is 1. The van der Waals surface area contributed by atoms with Crippen LogP contribution in [0.5, 0.6) is 0 Å². The van der Waals surface area contributed by atoms with Crippen molar-refractivity contribution < 1.29 is 32.3 Å². The summed E-state index contributed by atoms with van der Waals surface area (Å²) < 4.78 is 62.6. The third-order valence-electron chi connectivity index (χ3n) is 8.01. The molecule has 6 nitrogen and oxygen atoms in total. The molecule has 2 aromatic heterocycles. The van der Waals surface area contributed by atoms with Gasteiger partial charge in [-0.15, -0.1) is 0 Å². The van der Waals surface area contributed by atoms with Gasteiger partial charge in [0.2, 0.25) is 0 Å². The average molecular weight is 625 g/mol. The van der Waals surface area contributed by atoms with Crippen molar-refractivity contribution in [2.24, 2.45) is 5.41 Å². The molecule has 40 heavy (non-hydrogen) atoms. The minimum atomic E-state index is -4.48. The van der Waals surface area contributed by atoms with E-state index in [4.69, 9.17) is 19.0 Å². The summed E-state index contributed by atoms with van der Waals surface area (Å²) in [6, 6.07) is 7.07. The lowest BCUT2D eigenvalue weighted by molar-refractivity contribution is -0.139. The number of halogens is 4. The van der Waals surface area contributed by atoms with Gasteiger partial charge in [-0.2, -0.15) is 13.2 Å². The number of nitrogens with zero attached hydrogens (tertiary/aromatic N) is 2. The number of methoxy groups -OCH3 is 1. The number of pyridine rings is 1. The molecule has 1 unspecified atom stereocenters. The Hall–Kier alpha value is -1.92. The Labute approximate surface area is 242 Å². The molecule has 1 fully saturated rings. The van der Waals surface area contributed by atoms with Gasteiger partial charge in [-0.05, 0) is 76.3 Å². The first-order chi connectivity index (χ1) is 18.4. The summed E-state index contributed by atoms with van der Waals surface area (Å²) in [5.41, 5.74) is 1.30. The normalized spacial score (nSPS) is 18.1. The highest BCUT2D eigenvalue weighted by Gasteiger charge is 2.52. The first-order valence-electron chi connectivity index (χ1n) is 13.3. The molecule has 3 aromatic rings. The molecular weight excluding hydrogens is 588 g/mol. The monoisotopic (exact) mass is 624 g/mol. The van der Waals surface area contributed by atoms with Gasteiger partial charge >= 0.3 is 13.3 Å². The van der Waals surface area contributed by atoms with Crippen LogP contribution in [0.3, 0.4) is 0 Å². The largest absolute Gasteiger partial charge is 0.496 e. The summed E-state index contributed by atoms with van der Waals surface area (Å²) >= 11 is 3.49. The zero-order chi connectivity index (χ0) is 29.8. The molecule has 1 atom stereocenters. The topological polar surface area (TPSA) is 65.7 Å². The van der Waals surface area contributed by atoms with Crippen LogP contribution in [0, 0.1) is 5.41 Å². The lowest BCUT2D eigenvalue weighted by atomic mass is 9.78. The van der Waals surface area contributed by atoms with E-state index in [0.29, 0.717) is 45.3 Å². The Morgan fingerprint density at radius 1 is 1.12 bits per heavy atom. The molecule has 11 heteroatoms. The van der Waals surface area contributed by atoms with Crippen LogP contribution >= 0.6 is 15.9 Å². The van der Waals surface area contributed by atoms with Gasteiger partial charge in [0.1, 0.15) is 6.54 Å². The smallest absolute Gasteiger partial charge is 0.399 e. The molecular formula is C29H37BBrF3N2O4. The van der Waals surface area contributed by atoms with E-state index in [2.05, 4.69) is 15.9 Å². The molecule has 1 aliphatic heterocycles. The van der Waals surface area contributed by atoms with E-state index in [1.54, 1.807) is 18.3 Å². The van der Waals surface area contributed by atoms with Crippen molar-refractivity contribution in [1.29, 1.82) is 0 Å². The van der Waals surface area contributed by atoms with E-state index < -0.39 is 42.6 Å². The number of hydrogen-bond acceptors (Lipinski definition) is 5. The fourth-order valence-electron chi connectivity index (χ4n) is 4.99. The van der Waals surface area contributed by atoms with E-state index in [1.807, 2.05) is 60.6 Å². The minimum absolute atomic E-state index is 0.139. The fraction of sp³-hybridized carbons (Fsp3) is 0.552. The van der Waals surface area contributed by atoms with Gasteiger partial charge in [0, 0.05) is 46.3 Å². The van der Waals surface area contributed by atoms with Gasteiger partial charge in [0.05, 0.1) is 28.7 Å². The summed E-state index contributed by atoms with van der Waals surface area (Å²) in [7, 11) is 0.784. The molecule has 1 aliphatic rings. The Morgan fingerprint density at radius 2 is 1.75 bits per heavy atom. The SMILES string of the molecule is COC(C)c1ncc(B2OC(C)(C)C(C)(C)O2)cc1-c1c(CC(C)(C)CO)c2cc(Br)ccc2n1CC(F)(F)F. The van der Waals surface area contributed by atoms with Crippen molar-refractivity contribution in [2.75, 3.05) is 13.7 Å². The Balaban J connectivity index is 2.07. The minimum Gasteiger partial charge on any atom is -0.399 e. The number of aromatic nitrogens is 2. The van der Waals surface area contributed by atoms with Crippen LogP contribution in [0.25, 0.3) is 22.2 Å². The number of hydrogen-bond donors (Lipinski definition) is 1. The fourth-order valence-corrected chi connectivity index (χ4v) is 5.35. The highest BCUT2D eigenvalue weighted by molar-refractivity contribution is 9.10. The van der Waals surface area contributed by atoms with Crippen LogP contribution in [0.4, 0.5) is 13.2 Å². The maximum absolute atomic E-state index is 14.1. The number of rotatable bonds is 8. The van der Waals surface area contributed by atoms with E-state index in [9.17, 15) is 18.3 Å². The first kappa shape index (κ1) is 31.0. The maximum atomic E-state index is 14.1. The van der Waals surface area contributed by atoms with E-state index in [1.165, 1.54) is 11.7 Å². The van der Waals surface area contributed by atoms with Crippen molar-refractivity contribution in [3.8, 4) is 11.3 Å². The van der Waals surface area contributed by atoms with Gasteiger partial charge in [0.15, 0.2) is 0 Å². The lowest BCUT2D eigenvalue weighted by Gasteiger charge is -2.32. The van der Waals surface area contributed by atoms with Crippen LogP contribution in [0.15, 0.2) is 34.9 Å². The van der Waals surface area contributed by atoms with E-state index >= 15 is 0 Å². The third kappa shape index (κ3) is 5.99.